The van der Waals surface area contributed by atoms with Crippen molar-refractivity contribution in [2.75, 3.05) is 13.2 Å². The number of halogens is 1. The molecule has 0 aliphatic heterocycles. The summed E-state index contributed by atoms with van der Waals surface area (Å²) in [5.41, 5.74) is 0.999. The number of aliphatic hydroxyl groups is 1. The smallest absolute Gasteiger partial charge is 0.158 e. The number of ether oxygens (including phenoxy) is 1. The molecular weight excluding hydrogens is 555 g/mol. The molecule has 7 nitrogen and oxygen atoms in total. The highest BCUT2D eigenvalue weighted by Crippen LogP contribution is 2.64. The standard InChI is InChI=1S/C27H37IN4O3/c1-2-35-16-26(34)10-7-18-17(13-26)3-4-20-19(18)8-11-27(28)21(20)5-6-22(27)25(33)15-32-24-9-12-29-14-23(24)30-31-32/h9,12,14,17-22,34H,2-8,10-11,13,15-16H2,1H3/t17-,18-,19+,20+,21-,22+,26+,27+/m0/s1. The first-order valence-electron chi connectivity index (χ1n) is 13.6. The number of fused-ring (bicyclic) bond motifs is 6. The molecule has 4 saturated carbocycles. The fraction of sp³-hybridized carbons (Fsp3) is 0.778. The Morgan fingerprint density at radius 1 is 1.17 bits per heavy atom. The summed E-state index contributed by atoms with van der Waals surface area (Å²) in [4.78, 5) is 17.7. The van der Waals surface area contributed by atoms with Crippen LogP contribution in [-0.2, 0) is 16.1 Å². The average molecular weight is 593 g/mol. The molecule has 0 spiro atoms. The van der Waals surface area contributed by atoms with Crippen LogP contribution in [0, 0.1) is 35.5 Å². The normalized spacial score (nSPS) is 40.8. The Hall–Kier alpha value is -1.13. The highest BCUT2D eigenvalue weighted by atomic mass is 127. The van der Waals surface area contributed by atoms with E-state index in [1.807, 2.05) is 13.0 Å². The Morgan fingerprint density at radius 3 is 2.89 bits per heavy atom. The first-order chi connectivity index (χ1) is 16.9. The lowest BCUT2D eigenvalue weighted by Gasteiger charge is -2.56. The highest BCUT2D eigenvalue weighted by Gasteiger charge is 2.60. The van der Waals surface area contributed by atoms with Gasteiger partial charge in [-0.05, 0) is 100 Å². The molecule has 2 heterocycles. The second-order valence-electron chi connectivity index (χ2n) is 11.7. The molecule has 2 aromatic rings. The summed E-state index contributed by atoms with van der Waals surface area (Å²) in [6.45, 7) is 3.47. The van der Waals surface area contributed by atoms with E-state index in [0.717, 1.165) is 60.9 Å². The van der Waals surface area contributed by atoms with Gasteiger partial charge in [0, 0.05) is 22.1 Å². The molecule has 6 rings (SSSR count). The molecule has 8 heteroatoms. The first kappa shape index (κ1) is 24.2. The molecule has 0 aromatic carbocycles. The predicted molar refractivity (Wildman–Crippen MR) is 141 cm³/mol. The third-order valence-electron chi connectivity index (χ3n) is 10.1. The number of rotatable bonds is 6. The largest absolute Gasteiger partial charge is 0.387 e. The van der Waals surface area contributed by atoms with Crippen molar-refractivity contribution in [3.05, 3.63) is 18.5 Å². The van der Waals surface area contributed by atoms with Gasteiger partial charge < -0.3 is 9.84 Å². The van der Waals surface area contributed by atoms with Gasteiger partial charge in [0.25, 0.3) is 0 Å². The number of Topliss-reactive ketones (excluding diaryl/α,β-unsaturated/α-hetero) is 1. The zero-order valence-electron chi connectivity index (χ0n) is 20.6. The van der Waals surface area contributed by atoms with Gasteiger partial charge in [-0.2, -0.15) is 0 Å². The third kappa shape index (κ3) is 4.15. The summed E-state index contributed by atoms with van der Waals surface area (Å²) >= 11 is 2.70. The molecule has 8 atom stereocenters. The van der Waals surface area contributed by atoms with E-state index in [-0.39, 0.29) is 9.34 Å². The molecule has 190 valence electrons. The van der Waals surface area contributed by atoms with Crippen molar-refractivity contribution in [2.45, 2.75) is 80.3 Å². The van der Waals surface area contributed by atoms with Gasteiger partial charge in [-0.15, -0.1) is 5.10 Å². The van der Waals surface area contributed by atoms with Crippen molar-refractivity contribution in [1.82, 2.24) is 20.0 Å². The fourth-order valence-electron chi connectivity index (χ4n) is 8.61. The van der Waals surface area contributed by atoms with Gasteiger partial charge in [0.05, 0.1) is 23.9 Å². The van der Waals surface area contributed by atoms with Crippen LogP contribution in [0.2, 0.25) is 0 Å². The molecule has 0 saturated heterocycles. The number of pyridine rings is 1. The molecule has 0 radical (unpaired) electrons. The lowest BCUT2D eigenvalue weighted by molar-refractivity contribution is -0.127. The molecule has 1 N–H and O–H groups in total. The number of hydrogen-bond donors (Lipinski definition) is 1. The van der Waals surface area contributed by atoms with E-state index in [0.29, 0.717) is 37.4 Å². The number of carbonyl (C=O) groups is 1. The predicted octanol–water partition coefficient (Wildman–Crippen LogP) is 4.60. The minimum atomic E-state index is -0.627. The number of nitrogens with zero attached hydrogens (tertiary/aromatic N) is 4. The second kappa shape index (κ2) is 9.31. The quantitative estimate of drug-likeness (QED) is 0.390. The molecule has 0 amide bonds. The van der Waals surface area contributed by atoms with Crippen LogP contribution in [0.5, 0.6) is 0 Å². The molecule has 4 aliphatic rings. The average Bonchev–Trinajstić information content (AvgIpc) is 3.43. The van der Waals surface area contributed by atoms with Gasteiger partial charge >= 0.3 is 0 Å². The SMILES string of the molecule is CCOC[C@@]1(O)CC[C@H]2[C@@H](CC[C@@H]3[C@@H]2CC[C@]2(I)[C@@H](C(=O)Cn4nnc5cnccc54)CC[C@@H]32)C1. The minimum absolute atomic E-state index is 0.0746. The third-order valence-corrected chi connectivity index (χ3v) is 12.2. The van der Waals surface area contributed by atoms with Gasteiger partial charge in [0.2, 0.25) is 0 Å². The number of aromatic nitrogens is 4. The van der Waals surface area contributed by atoms with Crippen molar-refractivity contribution in [3.63, 3.8) is 0 Å². The van der Waals surface area contributed by atoms with Crippen LogP contribution >= 0.6 is 22.6 Å². The maximum Gasteiger partial charge on any atom is 0.158 e. The number of carbonyl (C=O) groups excluding carboxylic acids is 1. The van der Waals surface area contributed by atoms with Gasteiger partial charge in [0.15, 0.2) is 5.78 Å². The van der Waals surface area contributed by atoms with E-state index in [9.17, 15) is 9.90 Å². The molecule has 2 aromatic heterocycles. The van der Waals surface area contributed by atoms with E-state index in [1.165, 1.54) is 25.7 Å². The summed E-state index contributed by atoms with van der Waals surface area (Å²) in [6, 6.07) is 1.89. The Labute approximate surface area is 220 Å². The minimum Gasteiger partial charge on any atom is -0.387 e. The van der Waals surface area contributed by atoms with Crippen LogP contribution < -0.4 is 0 Å². The summed E-state index contributed by atoms with van der Waals surface area (Å²) < 4.78 is 7.46. The summed E-state index contributed by atoms with van der Waals surface area (Å²) in [5.74, 6) is 3.92. The lowest BCUT2D eigenvalue weighted by atomic mass is 9.52. The maximum atomic E-state index is 13.6. The number of alkyl halides is 1. The van der Waals surface area contributed by atoms with Gasteiger partial charge in [-0.3, -0.25) is 9.78 Å². The second-order valence-corrected chi connectivity index (χ2v) is 13.7. The van der Waals surface area contributed by atoms with Gasteiger partial charge in [-0.1, -0.05) is 27.8 Å². The van der Waals surface area contributed by atoms with Crippen molar-refractivity contribution >= 4 is 39.4 Å². The fourth-order valence-corrected chi connectivity index (χ4v) is 10.4. The zero-order valence-corrected chi connectivity index (χ0v) is 22.8. The number of hydrogen-bond acceptors (Lipinski definition) is 6. The molecule has 4 aliphatic carbocycles. The van der Waals surface area contributed by atoms with Crippen LogP contribution in [0.25, 0.3) is 11.0 Å². The zero-order chi connectivity index (χ0) is 24.2. The Bertz CT molecular complexity index is 1090. The van der Waals surface area contributed by atoms with E-state index >= 15 is 0 Å². The summed E-state index contributed by atoms with van der Waals surface area (Å²) in [5, 5.41) is 19.6. The van der Waals surface area contributed by atoms with Crippen LogP contribution in [0.4, 0.5) is 0 Å². The highest BCUT2D eigenvalue weighted by molar-refractivity contribution is 14.1. The Balaban J connectivity index is 1.15. The summed E-state index contributed by atoms with van der Waals surface area (Å²) in [6.07, 6.45) is 13.4. The van der Waals surface area contributed by atoms with Crippen LogP contribution in [-0.4, -0.2) is 53.1 Å². The van der Waals surface area contributed by atoms with Crippen LogP contribution in [0.15, 0.2) is 18.5 Å². The molecule has 35 heavy (non-hydrogen) atoms. The van der Waals surface area contributed by atoms with Gasteiger partial charge in [0.1, 0.15) is 12.1 Å². The Kier molecular flexibility index (Phi) is 6.45. The van der Waals surface area contributed by atoms with Crippen LogP contribution in [0.1, 0.15) is 64.7 Å². The molecule has 0 unspecified atom stereocenters. The molecule has 4 fully saturated rings. The van der Waals surface area contributed by atoms with E-state index < -0.39 is 5.60 Å². The van der Waals surface area contributed by atoms with E-state index in [4.69, 9.17) is 4.74 Å². The van der Waals surface area contributed by atoms with Crippen molar-refractivity contribution in [3.8, 4) is 0 Å². The molecular formula is C27H37IN4O3. The monoisotopic (exact) mass is 592 g/mol. The van der Waals surface area contributed by atoms with Crippen molar-refractivity contribution in [2.24, 2.45) is 35.5 Å². The van der Waals surface area contributed by atoms with Crippen molar-refractivity contribution < 1.29 is 14.6 Å². The van der Waals surface area contributed by atoms with Crippen molar-refractivity contribution in [1.29, 1.82) is 0 Å². The topological polar surface area (TPSA) is 90.1 Å². The number of ketones is 1. The first-order valence-corrected chi connectivity index (χ1v) is 14.6. The van der Waals surface area contributed by atoms with E-state index in [1.54, 1.807) is 17.1 Å². The lowest BCUT2D eigenvalue weighted by Crippen LogP contribution is -2.53. The van der Waals surface area contributed by atoms with Gasteiger partial charge in [-0.25, -0.2) is 4.68 Å². The van der Waals surface area contributed by atoms with E-state index in [2.05, 4.69) is 37.9 Å². The maximum absolute atomic E-state index is 13.6. The Morgan fingerprint density at radius 2 is 2.03 bits per heavy atom. The summed E-state index contributed by atoms with van der Waals surface area (Å²) in [7, 11) is 0. The molecule has 0 bridgehead atoms. The van der Waals surface area contributed by atoms with Crippen LogP contribution in [0.3, 0.4) is 0 Å².